The van der Waals surface area contributed by atoms with Crippen LogP contribution < -0.4 is 5.32 Å². The van der Waals surface area contributed by atoms with Crippen LogP contribution in [0.25, 0.3) is 0 Å². The minimum absolute atomic E-state index is 0.130. The van der Waals surface area contributed by atoms with Crippen molar-refractivity contribution >= 4 is 28.8 Å². The predicted molar refractivity (Wildman–Crippen MR) is 89.8 cm³/mol. The normalized spacial score (nSPS) is 17.0. The molecule has 2 heterocycles. The molecular formula is C17H17ClFNO2S. The lowest BCUT2D eigenvalue weighted by molar-refractivity contribution is 0.0487. The number of rotatable bonds is 4. The lowest BCUT2D eigenvalue weighted by Crippen LogP contribution is -2.44. The zero-order valence-electron chi connectivity index (χ0n) is 12.5. The summed E-state index contributed by atoms with van der Waals surface area (Å²) in [5.74, 6) is -0.386. The fourth-order valence-electron chi connectivity index (χ4n) is 2.91. The molecule has 1 aliphatic rings. The molecule has 0 unspecified atom stereocenters. The van der Waals surface area contributed by atoms with Crippen molar-refractivity contribution in [2.45, 2.75) is 18.3 Å². The molecule has 0 aliphatic carbocycles. The monoisotopic (exact) mass is 353 g/mol. The molecule has 0 spiro atoms. The first-order chi connectivity index (χ1) is 11.1. The Bertz CT molecular complexity index is 680. The predicted octanol–water partition coefficient (Wildman–Crippen LogP) is 4.02. The first kappa shape index (κ1) is 16.4. The molecule has 1 amide bonds. The van der Waals surface area contributed by atoms with Gasteiger partial charge in [0, 0.05) is 25.2 Å². The van der Waals surface area contributed by atoms with E-state index in [4.69, 9.17) is 16.3 Å². The minimum Gasteiger partial charge on any atom is -0.381 e. The second kappa shape index (κ2) is 6.99. The number of benzene rings is 1. The van der Waals surface area contributed by atoms with Crippen molar-refractivity contribution in [2.24, 2.45) is 0 Å². The third-order valence-electron chi connectivity index (χ3n) is 4.29. The van der Waals surface area contributed by atoms with Crippen LogP contribution in [0.1, 0.15) is 28.1 Å². The van der Waals surface area contributed by atoms with Gasteiger partial charge in [-0.2, -0.15) is 0 Å². The molecule has 0 radical (unpaired) electrons. The van der Waals surface area contributed by atoms with E-state index in [1.54, 1.807) is 24.3 Å². The molecule has 1 saturated heterocycles. The van der Waals surface area contributed by atoms with Crippen LogP contribution in [0.15, 0.2) is 36.4 Å². The van der Waals surface area contributed by atoms with Crippen LogP contribution in [0, 0.1) is 5.82 Å². The highest BCUT2D eigenvalue weighted by atomic mass is 35.5. The van der Waals surface area contributed by atoms with Gasteiger partial charge in [-0.05, 0) is 42.7 Å². The second-order valence-corrected chi connectivity index (χ2v) is 7.40. The molecule has 1 aromatic carbocycles. The highest BCUT2D eigenvalue weighted by Crippen LogP contribution is 2.34. The number of halogens is 2. The van der Waals surface area contributed by atoms with E-state index >= 15 is 0 Å². The number of carbonyl (C=O) groups excluding carboxylic acids is 1. The number of nitrogens with one attached hydrogen (secondary N) is 1. The van der Waals surface area contributed by atoms with Crippen molar-refractivity contribution in [2.75, 3.05) is 19.8 Å². The van der Waals surface area contributed by atoms with Gasteiger partial charge in [-0.15, -0.1) is 11.3 Å². The van der Waals surface area contributed by atoms with E-state index in [-0.39, 0.29) is 17.1 Å². The summed E-state index contributed by atoms with van der Waals surface area (Å²) < 4.78 is 19.3. The number of hydrogen-bond acceptors (Lipinski definition) is 3. The molecule has 3 nitrogen and oxygen atoms in total. The Morgan fingerprint density at radius 3 is 2.52 bits per heavy atom. The van der Waals surface area contributed by atoms with Crippen molar-refractivity contribution in [3.63, 3.8) is 0 Å². The van der Waals surface area contributed by atoms with Crippen LogP contribution in [-0.2, 0) is 10.2 Å². The van der Waals surface area contributed by atoms with Gasteiger partial charge in [0.05, 0.1) is 9.21 Å². The van der Waals surface area contributed by atoms with Crippen LogP contribution in [0.3, 0.4) is 0 Å². The van der Waals surface area contributed by atoms with Crippen LogP contribution in [0.2, 0.25) is 4.34 Å². The molecule has 6 heteroatoms. The van der Waals surface area contributed by atoms with Crippen LogP contribution >= 0.6 is 22.9 Å². The van der Waals surface area contributed by atoms with Crippen molar-refractivity contribution in [3.05, 3.63) is 57.0 Å². The number of carbonyl (C=O) groups is 1. The maximum absolute atomic E-state index is 13.2. The number of ether oxygens (including phenoxy) is 1. The first-order valence-corrected chi connectivity index (χ1v) is 8.66. The molecule has 1 N–H and O–H groups in total. The summed E-state index contributed by atoms with van der Waals surface area (Å²) in [6.07, 6.45) is 1.59. The van der Waals surface area contributed by atoms with Gasteiger partial charge in [-0.3, -0.25) is 4.79 Å². The molecule has 23 heavy (non-hydrogen) atoms. The Labute approximate surface area is 143 Å². The van der Waals surface area contributed by atoms with E-state index in [0.717, 1.165) is 18.4 Å². The molecular weight excluding hydrogens is 337 g/mol. The molecule has 0 bridgehead atoms. The zero-order chi connectivity index (χ0) is 16.3. The van der Waals surface area contributed by atoms with Gasteiger partial charge in [0.2, 0.25) is 0 Å². The summed E-state index contributed by atoms with van der Waals surface area (Å²) in [6, 6.07) is 9.96. The molecule has 1 aromatic heterocycles. The van der Waals surface area contributed by atoms with Crippen molar-refractivity contribution in [1.82, 2.24) is 5.32 Å². The topological polar surface area (TPSA) is 38.3 Å². The maximum Gasteiger partial charge on any atom is 0.261 e. The van der Waals surface area contributed by atoms with Crippen LogP contribution in [0.5, 0.6) is 0 Å². The summed E-state index contributed by atoms with van der Waals surface area (Å²) in [4.78, 5) is 12.9. The molecule has 0 saturated carbocycles. The van der Waals surface area contributed by atoms with Crippen LogP contribution in [-0.4, -0.2) is 25.7 Å². The van der Waals surface area contributed by atoms with Crippen molar-refractivity contribution in [1.29, 1.82) is 0 Å². The van der Waals surface area contributed by atoms with E-state index in [0.29, 0.717) is 29.0 Å². The van der Waals surface area contributed by atoms with Gasteiger partial charge in [0.15, 0.2) is 0 Å². The third kappa shape index (κ3) is 3.74. The molecule has 122 valence electrons. The van der Waals surface area contributed by atoms with Crippen LogP contribution in [0.4, 0.5) is 4.39 Å². The van der Waals surface area contributed by atoms with Crippen molar-refractivity contribution in [3.8, 4) is 0 Å². The maximum atomic E-state index is 13.2. The van der Waals surface area contributed by atoms with E-state index < -0.39 is 0 Å². The number of amides is 1. The Hall–Kier alpha value is -1.43. The Kier molecular flexibility index (Phi) is 4.99. The summed E-state index contributed by atoms with van der Waals surface area (Å²) in [5.41, 5.74) is 0.814. The van der Waals surface area contributed by atoms with E-state index in [2.05, 4.69) is 5.32 Å². The fourth-order valence-corrected chi connectivity index (χ4v) is 3.87. The lowest BCUT2D eigenvalue weighted by atomic mass is 9.74. The van der Waals surface area contributed by atoms with Gasteiger partial charge in [-0.25, -0.2) is 4.39 Å². The summed E-state index contributed by atoms with van der Waals surface area (Å²) in [7, 11) is 0. The van der Waals surface area contributed by atoms with Gasteiger partial charge in [-0.1, -0.05) is 23.7 Å². The first-order valence-electron chi connectivity index (χ1n) is 7.46. The zero-order valence-corrected chi connectivity index (χ0v) is 14.1. The number of hydrogen-bond donors (Lipinski definition) is 1. The highest BCUT2D eigenvalue weighted by molar-refractivity contribution is 7.17. The average Bonchev–Trinajstić information content (AvgIpc) is 3.01. The van der Waals surface area contributed by atoms with Gasteiger partial charge in [0.25, 0.3) is 5.91 Å². The second-order valence-electron chi connectivity index (χ2n) is 5.69. The molecule has 0 atom stereocenters. The minimum atomic E-state index is -0.256. The fraction of sp³-hybridized carbons (Fsp3) is 0.353. The van der Waals surface area contributed by atoms with Gasteiger partial charge >= 0.3 is 0 Å². The summed E-state index contributed by atoms with van der Waals surface area (Å²) in [6.45, 7) is 1.77. The third-order valence-corrected chi connectivity index (χ3v) is 5.52. The Morgan fingerprint density at radius 1 is 1.22 bits per heavy atom. The molecule has 2 aromatic rings. The van der Waals surface area contributed by atoms with Gasteiger partial charge in [0.1, 0.15) is 5.82 Å². The number of thiophene rings is 1. The SMILES string of the molecule is O=C(NCC1(c2ccc(F)cc2)CCOCC1)c1ccc(Cl)s1. The Balaban J connectivity index is 1.76. The molecule has 1 aliphatic heterocycles. The lowest BCUT2D eigenvalue weighted by Gasteiger charge is -2.38. The average molecular weight is 354 g/mol. The molecule has 3 rings (SSSR count). The quantitative estimate of drug-likeness (QED) is 0.901. The largest absolute Gasteiger partial charge is 0.381 e. The summed E-state index contributed by atoms with van der Waals surface area (Å²) in [5, 5.41) is 3.00. The van der Waals surface area contributed by atoms with Gasteiger partial charge < -0.3 is 10.1 Å². The van der Waals surface area contributed by atoms with E-state index in [1.807, 2.05) is 0 Å². The summed E-state index contributed by atoms with van der Waals surface area (Å²) >= 11 is 7.14. The standard InChI is InChI=1S/C17H17ClFNO2S/c18-15-6-5-14(23-15)16(21)20-11-17(7-9-22-10-8-17)12-1-3-13(19)4-2-12/h1-6H,7-11H2,(H,20,21). The highest BCUT2D eigenvalue weighted by Gasteiger charge is 2.35. The molecule has 1 fully saturated rings. The van der Waals surface area contributed by atoms with E-state index in [9.17, 15) is 9.18 Å². The smallest absolute Gasteiger partial charge is 0.261 e. The van der Waals surface area contributed by atoms with E-state index in [1.165, 1.54) is 23.5 Å². The van der Waals surface area contributed by atoms with Crippen molar-refractivity contribution < 1.29 is 13.9 Å². The Morgan fingerprint density at radius 2 is 1.91 bits per heavy atom.